The van der Waals surface area contributed by atoms with Crippen molar-refractivity contribution in [1.82, 2.24) is 0 Å². The molecule has 0 aromatic rings. The van der Waals surface area contributed by atoms with Crippen LogP contribution in [0.25, 0.3) is 0 Å². The quantitative estimate of drug-likeness (QED) is 0.321. The van der Waals surface area contributed by atoms with Crippen molar-refractivity contribution in [3.05, 3.63) is 12.7 Å². The first kappa shape index (κ1) is 8.08. The fourth-order valence-corrected chi connectivity index (χ4v) is 0.321. The van der Waals surface area contributed by atoms with Crippen molar-refractivity contribution in [3.63, 3.8) is 0 Å². The zero-order valence-corrected chi connectivity index (χ0v) is 5.68. The Morgan fingerprint density at radius 3 is 2.11 bits per heavy atom. The molecule has 0 radical (unpaired) electrons. The average Bonchev–Trinajstić information content (AvgIpc) is 1.86. The molecule has 0 aliphatic heterocycles. The maximum absolute atomic E-state index is 10.7. The summed E-state index contributed by atoms with van der Waals surface area (Å²) in [5.41, 5.74) is -0.887. The lowest BCUT2D eigenvalue weighted by molar-refractivity contribution is -0.128. The highest BCUT2D eigenvalue weighted by Crippen LogP contribution is 2.11. The minimum atomic E-state index is -0.887. The van der Waals surface area contributed by atoms with Crippen LogP contribution in [0.15, 0.2) is 12.7 Å². The molecule has 0 aromatic heterocycles. The Morgan fingerprint density at radius 1 is 1.56 bits per heavy atom. The van der Waals surface area contributed by atoms with Crippen molar-refractivity contribution in [2.75, 3.05) is 0 Å². The second-order valence-corrected chi connectivity index (χ2v) is 2.41. The topological polar surface area (TPSA) is 34.1 Å². The maximum Gasteiger partial charge on any atom is 0.167 e. The van der Waals surface area contributed by atoms with E-state index in [4.69, 9.17) is 0 Å². The second kappa shape index (κ2) is 2.58. The van der Waals surface area contributed by atoms with Crippen molar-refractivity contribution >= 4 is 12.1 Å². The minimum Gasteiger partial charge on any atom is -0.302 e. The molecule has 2 heteroatoms. The van der Waals surface area contributed by atoms with Gasteiger partial charge >= 0.3 is 0 Å². The van der Waals surface area contributed by atoms with Gasteiger partial charge in [0.1, 0.15) is 6.29 Å². The largest absolute Gasteiger partial charge is 0.302 e. The van der Waals surface area contributed by atoms with Crippen LogP contribution < -0.4 is 0 Å². The fraction of sp³-hybridized carbons (Fsp3) is 0.429. The molecule has 0 aliphatic carbocycles. The summed E-state index contributed by atoms with van der Waals surface area (Å²) in [6, 6.07) is 0. The zero-order valence-electron chi connectivity index (χ0n) is 5.68. The summed E-state index contributed by atoms with van der Waals surface area (Å²) < 4.78 is 0. The Hall–Kier alpha value is -0.920. The third-order valence-corrected chi connectivity index (χ3v) is 1.12. The lowest BCUT2D eigenvalue weighted by Gasteiger charge is -2.10. The molecular weight excluding hydrogens is 116 g/mol. The van der Waals surface area contributed by atoms with Gasteiger partial charge in [-0.05, 0) is 19.9 Å². The Balaban J connectivity index is 4.31. The minimum absolute atomic E-state index is 0.238. The van der Waals surface area contributed by atoms with E-state index in [1.807, 2.05) is 0 Å². The molecule has 0 aromatic carbocycles. The predicted octanol–water partition coefficient (Wildman–Crippen LogP) is 0.967. The smallest absolute Gasteiger partial charge is 0.167 e. The summed E-state index contributed by atoms with van der Waals surface area (Å²) in [7, 11) is 0. The van der Waals surface area contributed by atoms with Gasteiger partial charge in [-0.3, -0.25) is 4.79 Å². The van der Waals surface area contributed by atoms with Gasteiger partial charge in [0.25, 0.3) is 0 Å². The first-order valence-corrected chi connectivity index (χ1v) is 2.68. The summed E-state index contributed by atoms with van der Waals surface area (Å²) in [6.45, 7) is 6.39. The molecule has 0 saturated heterocycles. The van der Waals surface area contributed by atoms with Crippen LogP contribution >= 0.6 is 0 Å². The Kier molecular flexibility index (Phi) is 2.31. The number of ketones is 1. The molecule has 0 aliphatic rings. The van der Waals surface area contributed by atoms with E-state index in [0.29, 0.717) is 6.29 Å². The zero-order chi connectivity index (χ0) is 7.49. The van der Waals surface area contributed by atoms with Crippen LogP contribution in [-0.2, 0) is 9.59 Å². The van der Waals surface area contributed by atoms with Gasteiger partial charge in [-0.2, -0.15) is 0 Å². The molecule has 0 heterocycles. The van der Waals surface area contributed by atoms with E-state index in [-0.39, 0.29) is 5.78 Å². The Bertz CT molecular complexity index is 145. The molecule has 0 unspecified atom stereocenters. The van der Waals surface area contributed by atoms with Crippen LogP contribution in [0.3, 0.4) is 0 Å². The SMILES string of the molecule is C=CC(=O)C(C)(C)C=O. The van der Waals surface area contributed by atoms with Gasteiger partial charge in [0.05, 0.1) is 5.41 Å². The highest BCUT2D eigenvalue weighted by molar-refractivity contribution is 6.03. The third kappa shape index (κ3) is 1.80. The fourth-order valence-electron chi connectivity index (χ4n) is 0.321. The van der Waals surface area contributed by atoms with Gasteiger partial charge in [-0.15, -0.1) is 0 Å². The lowest BCUT2D eigenvalue weighted by atomic mass is 9.90. The summed E-state index contributed by atoms with van der Waals surface area (Å²) in [5.74, 6) is -0.238. The Labute approximate surface area is 54.6 Å². The molecule has 0 amide bonds. The molecule has 0 spiro atoms. The normalized spacial score (nSPS) is 10.4. The molecule has 0 atom stereocenters. The highest BCUT2D eigenvalue weighted by atomic mass is 16.1. The molecule has 50 valence electrons. The van der Waals surface area contributed by atoms with Gasteiger partial charge < -0.3 is 4.79 Å². The highest BCUT2D eigenvalue weighted by Gasteiger charge is 2.23. The van der Waals surface area contributed by atoms with E-state index in [1.165, 1.54) is 0 Å². The van der Waals surface area contributed by atoms with Crippen LogP contribution in [-0.4, -0.2) is 12.1 Å². The lowest BCUT2D eigenvalue weighted by Crippen LogP contribution is -2.23. The average molecular weight is 126 g/mol. The predicted molar refractivity (Wildman–Crippen MR) is 35.0 cm³/mol. The van der Waals surface area contributed by atoms with Gasteiger partial charge in [0.15, 0.2) is 5.78 Å². The molecule has 9 heavy (non-hydrogen) atoms. The first-order valence-electron chi connectivity index (χ1n) is 2.68. The van der Waals surface area contributed by atoms with Crippen molar-refractivity contribution in [2.24, 2.45) is 5.41 Å². The number of carbonyl (C=O) groups is 2. The van der Waals surface area contributed by atoms with E-state index in [0.717, 1.165) is 6.08 Å². The van der Waals surface area contributed by atoms with Crippen molar-refractivity contribution in [2.45, 2.75) is 13.8 Å². The number of aldehydes is 1. The summed E-state index contributed by atoms with van der Waals surface area (Å²) >= 11 is 0. The standard InChI is InChI=1S/C7H10O2/c1-4-6(9)7(2,3)5-8/h4-5H,1H2,2-3H3. The van der Waals surface area contributed by atoms with Crippen molar-refractivity contribution < 1.29 is 9.59 Å². The monoisotopic (exact) mass is 126 g/mol. The van der Waals surface area contributed by atoms with Crippen LogP contribution in [0, 0.1) is 5.41 Å². The van der Waals surface area contributed by atoms with Crippen LogP contribution in [0.1, 0.15) is 13.8 Å². The van der Waals surface area contributed by atoms with Crippen molar-refractivity contribution in [3.8, 4) is 0 Å². The number of carbonyl (C=O) groups excluding carboxylic acids is 2. The Morgan fingerprint density at radius 2 is 2.00 bits per heavy atom. The van der Waals surface area contributed by atoms with Crippen molar-refractivity contribution in [1.29, 1.82) is 0 Å². The second-order valence-electron chi connectivity index (χ2n) is 2.41. The van der Waals surface area contributed by atoms with E-state index in [2.05, 4.69) is 6.58 Å². The maximum atomic E-state index is 10.7. The number of rotatable bonds is 3. The van der Waals surface area contributed by atoms with Gasteiger partial charge in [0.2, 0.25) is 0 Å². The van der Waals surface area contributed by atoms with Crippen LogP contribution in [0.4, 0.5) is 0 Å². The van der Waals surface area contributed by atoms with E-state index in [9.17, 15) is 9.59 Å². The van der Waals surface area contributed by atoms with Gasteiger partial charge in [0, 0.05) is 0 Å². The number of allylic oxidation sites excluding steroid dienone is 1. The van der Waals surface area contributed by atoms with Crippen LogP contribution in [0.5, 0.6) is 0 Å². The summed E-state index contributed by atoms with van der Waals surface area (Å²) in [6.07, 6.45) is 1.78. The first-order chi connectivity index (χ1) is 4.04. The van der Waals surface area contributed by atoms with E-state index in [1.54, 1.807) is 13.8 Å². The molecule has 0 fully saturated rings. The molecular formula is C7H10O2. The third-order valence-electron chi connectivity index (χ3n) is 1.12. The summed E-state index contributed by atoms with van der Waals surface area (Å²) in [4.78, 5) is 20.9. The van der Waals surface area contributed by atoms with E-state index < -0.39 is 5.41 Å². The van der Waals surface area contributed by atoms with Crippen LogP contribution in [0.2, 0.25) is 0 Å². The molecule has 0 N–H and O–H groups in total. The molecule has 0 saturated carbocycles. The number of hydrogen-bond donors (Lipinski definition) is 0. The van der Waals surface area contributed by atoms with Gasteiger partial charge in [-0.1, -0.05) is 6.58 Å². The van der Waals surface area contributed by atoms with E-state index >= 15 is 0 Å². The summed E-state index contributed by atoms with van der Waals surface area (Å²) in [5, 5.41) is 0. The van der Waals surface area contributed by atoms with Gasteiger partial charge in [-0.25, -0.2) is 0 Å². The molecule has 0 bridgehead atoms. The molecule has 0 rings (SSSR count). The molecule has 2 nitrogen and oxygen atoms in total. The number of hydrogen-bond acceptors (Lipinski definition) is 2.